The van der Waals surface area contributed by atoms with Gasteiger partial charge < -0.3 is 0 Å². The van der Waals surface area contributed by atoms with E-state index in [4.69, 9.17) is 11.6 Å². The minimum absolute atomic E-state index is 0.0473. The van der Waals surface area contributed by atoms with Crippen molar-refractivity contribution in [3.05, 3.63) is 96.7 Å². The third kappa shape index (κ3) is 34.7. The first kappa shape index (κ1) is 44.5. The Bertz CT molecular complexity index is 973. The molecule has 0 aromatic rings. The summed E-state index contributed by atoms with van der Waals surface area (Å²) in [6.07, 6.45) is 60.0. The standard InChI is InChI=1S/C44H69ClO2/c1-3-5-7-9-11-13-15-17-19-21-23-25-27-29-31-33-35-37-39-41-43(46)42(44(45)47)40-38-36-34-32-30-28-26-24-22-20-18-16-14-12-10-8-6-4-2/h27-41H,3-26H2,1-2H3. The highest BCUT2D eigenvalue weighted by Gasteiger charge is 2.11. The number of hydrogen-bond acceptors (Lipinski definition) is 2. The van der Waals surface area contributed by atoms with Gasteiger partial charge in [0, 0.05) is 0 Å². The average molecular weight is 665 g/mol. The largest absolute Gasteiger partial charge is 0.289 e. The van der Waals surface area contributed by atoms with E-state index in [1.807, 2.05) is 36.5 Å². The van der Waals surface area contributed by atoms with Crippen molar-refractivity contribution < 1.29 is 9.59 Å². The van der Waals surface area contributed by atoms with Crippen LogP contribution in [0, 0.1) is 0 Å². The molecule has 0 rings (SSSR count). The molecule has 0 aliphatic heterocycles. The Morgan fingerprint density at radius 1 is 0.404 bits per heavy atom. The number of carbonyl (C=O) groups is 2. The van der Waals surface area contributed by atoms with Crippen molar-refractivity contribution in [2.24, 2.45) is 0 Å². The molecule has 0 N–H and O–H groups in total. The van der Waals surface area contributed by atoms with E-state index >= 15 is 0 Å². The Labute approximate surface area is 296 Å². The van der Waals surface area contributed by atoms with Crippen molar-refractivity contribution in [3.8, 4) is 0 Å². The molecular weight excluding hydrogens is 596 g/mol. The van der Waals surface area contributed by atoms with E-state index in [1.165, 1.54) is 153 Å². The molecule has 0 amide bonds. The van der Waals surface area contributed by atoms with Crippen LogP contribution < -0.4 is 0 Å². The number of unbranched alkanes of at least 4 members (excludes halogenated alkanes) is 22. The Kier molecular flexibility index (Phi) is 36.0. The predicted octanol–water partition coefficient (Wildman–Crippen LogP) is 14.5. The van der Waals surface area contributed by atoms with Crippen LogP contribution in [0.5, 0.6) is 0 Å². The van der Waals surface area contributed by atoms with Crippen LogP contribution in [0.3, 0.4) is 0 Å². The molecule has 0 saturated heterocycles. The number of ketones is 1. The predicted molar refractivity (Wildman–Crippen MR) is 210 cm³/mol. The normalized spacial score (nSPS) is 13.0. The molecule has 0 aliphatic carbocycles. The summed E-state index contributed by atoms with van der Waals surface area (Å²) < 4.78 is 0. The maximum atomic E-state index is 12.4. The van der Waals surface area contributed by atoms with E-state index in [1.54, 1.807) is 24.3 Å². The second-order valence-electron chi connectivity index (χ2n) is 12.6. The molecule has 0 atom stereocenters. The zero-order valence-electron chi connectivity index (χ0n) is 30.3. The highest BCUT2D eigenvalue weighted by Crippen LogP contribution is 2.13. The minimum Gasteiger partial charge on any atom is -0.289 e. The SMILES string of the molecule is CCCCCCCCCCCCCC=CC=CC=CC=CC(=O)C(=CC=CC=CC=CCCCCCCCCCCCCC)C(=O)Cl. The third-order valence-electron chi connectivity index (χ3n) is 8.21. The summed E-state index contributed by atoms with van der Waals surface area (Å²) in [6, 6.07) is 0. The lowest BCUT2D eigenvalue weighted by atomic mass is 10.1. The summed E-state index contributed by atoms with van der Waals surface area (Å²) in [7, 11) is 0. The Morgan fingerprint density at radius 2 is 0.723 bits per heavy atom. The van der Waals surface area contributed by atoms with Gasteiger partial charge in [0.15, 0.2) is 5.78 Å². The van der Waals surface area contributed by atoms with Crippen molar-refractivity contribution in [1.82, 2.24) is 0 Å². The summed E-state index contributed by atoms with van der Waals surface area (Å²) in [5.74, 6) is -0.411. The van der Waals surface area contributed by atoms with E-state index < -0.39 is 11.0 Å². The van der Waals surface area contributed by atoms with Crippen LogP contribution in [0.4, 0.5) is 0 Å². The van der Waals surface area contributed by atoms with E-state index in [0.717, 1.165) is 12.8 Å². The van der Waals surface area contributed by atoms with Gasteiger partial charge in [-0.25, -0.2) is 0 Å². The van der Waals surface area contributed by atoms with Crippen LogP contribution in [-0.4, -0.2) is 11.0 Å². The molecule has 0 bridgehead atoms. The summed E-state index contributed by atoms with van der Waals surface area (Å²) >= 11 is 5.65. The maximum Gasteiger partial charge on any atom is 0.256 e. The molecule has 0 saturated carbocycles. The number of carbonyl (C=O) groups excluding carboxylic acids is 2. The van der Waals surface area contributed by atoms with Crippen molar-refractivity contribution in [3.63, 3.8) is 0 Å². The van der Waals surface area contributed by atoms with E-state index in [0.29, 0.717) is 0 Å². The third-order valence-corrected chi connectivity index (χ3v) is 8.41. The van der Waals surface area contributed by atoms with E-state index in [2.05, 4.69) is 32.1 Å². The number of allylic oxidation sites excluding steroid dienone is 16. The lowest BCUT2D eigenvalue weighted by molar-refractivity contribution is -0.115. The lowest BCUT2D eigenvalue weighted by Gasteiger charge is -2.01. The van der Waals surface area contributed by atoms with Gasteiger partial charge in [0.1, 0.15) is 0 Å². The van der Waals surface area contributed by atoms with Gasteiger partial charge in [-0.15, -0.1) is 0 Å². The van der Waals surface area contributed by atoms with Gasteiger partial charge in [0.2, 0.25) is 0 Å². The number of hydrogen-bond donors (Lipinski definition) is 0. The van der Waals surface area contributed by atoms with Gasteiger partial charge >= 0.3 is 0 Å². The molecule has 0 aromatic carbocycles. The van der Waals surface area contributed by atoms with Crippen LogP contribution in [-0.2, 0) is 9.59 Å². The second-order valence-corrected chi connectivity index (χ2v) is 13.0. The number of rotatable bonds is 33. The van der Waals surface area contributed by atoms with E-state index in [-0.39, 0.29) is 5.57 Å². The molecule has 0 unspecified atom stereocenters. The van der Waals surface area contributed by atoms with Crippen LogP contribution in [0.25, 0.3) is 0 Å². The summed E-state index contributed by atoms with van der Waals surface area (Å²) in [5, 5.41) is -0.757. The molecule has 0 spiro atoms. The Morgan fingerprint density at radius 3 is 1.11 bits per heavy atom. The molecular formula is C44H69ClO2. The smallest absolute Gasteiger partial charge is 0.256 e. The fourth-order valence-electron chi connectivity index (χ4n) is 5.28. The molecule has 3 heteroatoms. The van der Waals surface area contributed by atoms with Gasteiger partial charge in [-0.2, -0.15) is 0 Å². The fraction of sp³-hybridized carbons (Fsp3) is 0.591. The first-order valence-corrected chi connectivity index (χ1v) is 19.6. The van der Waals surface area contributed by atoms with Gasteiger partial charge in [0.05, 0.1) is 5.57 Å². The molecule has 0 heterocycles. The zero-order chi connectivity index (χ0) is 34.3. The maximum absolute atomic E-state index is 12.4. The summed E-state index contributed by atoms with van der Waals surface area (Å²) in [4.78, 5) is 24.1. The quantitative estimate of drug-likeness (QED) is 0.0175. The average Bonchev–Trinajstić information content (AvgIpc) is 3.06. The van der Waals surface area contributed by atoms with Crippen LogP contribution >= 0.6 is 11.6 Å². The number of halogens is 1. The highest BCUT2D eigenvalue weighted by atomic mass is 35.5. The van der Waals surface area contributed by atoms with Crippen molar-refractivity contribution in [1.29, 1.82) is 0 Å². The minimum atomic E-state index is -0.757. The van der Waals surface area contributed by atoms with Crippen LogP contribution in [0.15, 0.2) is 96.7 Å². The lowest BCUT2D eigenvalue weighted by Crippen LogP contribution is -2.04. The second kappa shape index (κ2) is 38.0. The molecule has 0 aromatic heterocycles. The molecule has 0 radical (unpaired) electrons. The summed E-state index contributed by atoms with van der Waals surface area (Å²) in [6.45, 7) is 4.54. The Balaban J connectivity index is 4.04. The summed E-state index contributed by atoms with van der Waals surface area (Å²) in [5.41, 5.74) is -0.0473. The van der Waals surface area contributed by atoms with Crippen LogP contribution in [0.1, 0.15) is 168 Å². The first-order chi connectivity index (χ1) is 23.1. The van der Waals surface area contributed by atoms with Crippen molar-refractivity contribution in [2.75, 3.05) is 0 Å². The van der Waals surface area contributed by atoms with Gasteiger partial charge in [-0.1, -0.05) is 221 Å². The Hall–Kier alpha value is -2.45. The topological polar surface area (TPSA) is 34.1 Å². The van der Waals surface area contributed by atoms with Crippen molar-refractivity contribution >= 4 is 22.6 Å². The molecule has 264 valence electrons. The van der Waals surface area contributed by atoms with Gasteiger partial charge in [-0.3, -0.25) is 9.59 Å². The van der Waals surface area contributed by atoms with Gasteiger partial charge in [0.25, 0.3) is 5.24 Å². The monoisotopic (exact) mass is 664 g/mol. The fourth-order valence-corrected chi connectivity index (χ4v) is 5.44. The van der Waals surface area contributed by atoms with E-state index in [9.17, 15) is 9.59 Å². The molecule has 0 aliphatic rings. The first-order valence-electron chi connectivity index (χ1n) is 19.2. The molecule has 47 heavy (non-hydrogen) atoms. The van der Waals surface area contributed by atoms with Gasteiger partial charge in [-0.05, 0) is 49.4 Å². The molecule has 2 nitrogen and oxygen atoms in total. The highest BCUT2D eigenvalue weighted by molar-refractivity contribution is 6.71. The zero-order valence-corrected chi connectivity index (χ0v) is 31.1. The molecule has 0 fully saturated rings. The van der Waals surface area contributed by atoms with Crippen molar-refractivity contribution in [2.45, 2.75) is 168 Å². The van der Waals surface area contributed by atoms with Crippen LogP contribution in [0.2, 0.25) is 0 Å².